The molecule has 27 heavy (non-hydrogen) atoms. The van der Waals surface area contributed by atoms with Crippen LogP contribution in [0.5, 0.6) is 0 Å². The minimum Gasteiger partial charge on any atom is -0.465 e. The Morgan fingerprint density at radius 2 is 1.78 bits per heavy atom. The van der Waals surface area contributed by atoms with Gasteiger partial charge in [-0.1, -0.05) is 24.3 Å². The highest BCUT2D eigenvalue weighted by Gasteiger charge is 2.32. The molecule has 1 fully saturated rings. The van der Waals surface area contributed by atoms with Crippen molar-refractivity contribution in [2.45, 2.75) is 17.7 Å². The van der Waals surface area contributed by atoms with E-state index in [4.69, 9.17) is 10.00 Å². The van der Waals surface area contributed by atoms with Gasteiger partial charge in [0.25, 0.3) is 0 Å². The van der Waals surface area contributed by atoms with Crippen molar-refractivity contribution in [2.75, 3.05) is 12.4 Å². The first-order chi connectivity index (χ1) is 12.9. The number of Topliss-reactive ketones (excluding diaryl/α,β-unsaturated/α-hetero) is 1. The molecule has 6 nitrogen and oxygen atoms in total. The topological polar surface area (TPSA) is 101 Å². The van der Waals surface area contributed by atoms with Crippen LogP contribution in [0.3, 0.4) is 0 Å². The van der Waals surface area contributed by atoms with Crippen molar-refractivity contribution >= 4 is 21.6 Å². The van der Waals surface area contributed by atoms with Gasteiger partial charge in [-0.3, -0.25) is 9.59 Å². The van der Waals surface area contributed by atoms with Gasteiger partial charge in [-0.05, 0) is 36.2 Å². The molecule has 0 N–H and O–H groups in total. The number of hydrogen-bond acceptors (Lipinski definition) is 6. The maximum absolute atomic E-state index is 12.4. The number of carbonyl (C=O) groups excluding carboxylic acids is 2. The van der Waals surface area contributed by atoms with Gasteiger partial charge in [-0.25, -0.2) is 8.42 Å². The zero-order valence-electron chi connectivity index (χ0n) is 14.4. The summed E-state index contributed by atoms with van der Waals surface area (Å²) in [7, 11) is -3.60. The summed E-state index contributed by atoms with van der Waals surface area (Å²) in [6.07, 6.45) is 0.538. The largest absolute Gasteiger partial charge is 0.465 e. The Kier molecular flexibility index (Phi) is 5.38. The highest BCUT2D eigenvalue weighted by Crippen LogP contribution is 2.22. The van der Waals surface area contributed by atoms with E-state index in [9.17, 15) is 18.0 Å². The first-order valence-electron chi connectivity index (χ1n) is 8.41. The fourth-order valence-corrected chi connectivity index (χ4v) is 4.46. The number of rotatable bonds is 6. The minimum absolute atomic E-state index is 0.121. The molecule has 0 saturated carbocycles. The summed E-state index contributed by atoms with van der Waals surface area (Å²) in [5.41, 5.74) is 1.65. The highest BCUT2D eigenvalue weighted by molar-refractivity contribution is 7.91. The van der Waals surface area contributed by atoms with Crippen LogP contribution in [0.2, 0.25) is 0 Å². The SMILES string of the molecule is N#Cc1ccc(C(=O)Cc2ccc(S(=O)(=O)C[C@H]3CCOC3=O)cc2)cc1. The molecule has 1 aliphatic rings. The van der Waals surface area contributed by atoms with E-state index in [1.54, 1.807) is 36.4 Å². The molecule has 1 aliphatic heterocycles. The molecule has 138 valence electrons. The average Bonchev–Trinajstić information content (AvgIpc) is 3.06. The van der Waals surface area contributed by atoms with Crippen LogP contribution in [0.1, 0.15) is 27.9 Å². The molecule has 0 radical (unpaired) electrons. The van der Waals surface area contributed by atoms with E-state index in [2.05, 4.69) is 0 Å². The summed E-state index contributed by atoms with van der Waals surface area (Å²) in [5.74, 6) is -1.48. The third-order valence-electron chi connectivity index (χ3n) is 4.45. The molecule has 2 aromatic carbocycles. The molecular weight excluding hydrogens is 366 g/mol. The number of esters is 1. The fourth-order valence-electron chi connectivity index (χ4n) is 2.88. The van der Waals surface area contributed by atoms with E-state index in [1.807, 2.05) is 6.07 Å². The lowest BCUT2D eigenvalue weighted by Gasteiger charge is -2.08. The Balaban J connectivity index is 1.68. The molecule has 0 bridgehead atoms. The lowest BCUT2D eigenvalue weighted by Crippen LogP contribution is -2.20. The average molecular weight is 383 g/mol. The van der Waals surface area contributed by atoms with E-state index < -0.39 is 21.7 Å². The maximum Gasteiger partial charge on any atom is 0.310 e. The van der Waals surface area contributed by atoms with Gasteiger partial charge in [0.15, 0.2) is 15.6 Å². The molecule has 1 heterocycles. The van der Waals surface area contributed by atoms with Crippen LogP contribution in [-0.4, -0.2) is 32.5 Å². The number of ether oxygens (including phenoxy) is 1. The van der Waals surface area contributed by atoms with Crippen molar-refractivity contribution in [1.29, 1.82) is 5.26 Å². The lowest BCUT2D eigenvalue weighted by molar-refractivity contribution is -0.140. The number of nitriles is 1. The molecule has 0 spiro atoms. The first-order valence-corrected chi connectivity index (χ1v) is 10.1. The van der Waals surface area contributed by atoms with Crippen LogP contribution in [0, 0.1) is 17.2 Å². The van der Waals surface area contributed by atoms with Gasteiger partial charge in [0.05, 0.1) is 34.8 Å². The third-order valence-corrected chi connectivity index (χ3v) is 6.28. The van der Waals surface area contributed by atoms with Crippen LogP contribution >= 0.6 is 0 Å². The number of benzene rings is 2. The Morgan fingerprint density at radius 1 is 1.11 bits per heavy atom. The highest BCUT2D eigenvalue weighted by atomic mass is 32.2. The quantitative estimate of drug-likeness (QED) is 0.560. The van der Waals surface area contributed by atoms with Crippen molar-refractivity contribution in [1.82, 2.24) is 0 Å². The second-order valence-corrected chi connectivity index (χ2v) is 8.40. The van der Waals surface area contributed by atoms with E-state index >= 15 is 0 Å². The van der Waals surface area contributed by atoms with Crippen LogP contribution in [0.25, 0.3) is 0 Å². The summed E-state index contributed by atoms with van der Waals surface area (Å²) in [5, 5.41) is 8.79. The van der Waals surface area contributed by atoms with Crippen molar-refractivity contribution in [3.63, 3.8) is 0 Å². The van der Waals surface area contributed by atoms with Gasteiger partial charge in [0.1, 0.15) is 0 Å². The Labute approximate surface area is 157 Å². The normalized spacial score (nSPS) is 16.6. The van der Waals surface area contributed by atoms with E-state index in [0.717, 1.165) is 0 Å². The van der Waals surface area contributed by atoms with Gasteiger partial charge < -0.3 is 4.74 Å². The molecule has 1 atom stereocenters. The predicted molar refractivity (Wildman–Crippen MR) is 96.8 cm³/mol. The molecule has 3 rings (SSSR count). The third kappa shape index (κ3) is 4.41. The van der Waals surface area contributed by atoms with Crippen LogP contribution < -0.4 is 0 Å². The standard InChI is InChI=1S/C20H17NO5S/c21-12-15-1-5-16(6-2-15)19(22)11-14-3-7-18(8-4-14)27(24,25)13-17-9-10-26-20(17)23/h1-8,17H,9-11,13H2/t17-/m1/s1. The molecular formula is C20H17NO5S. The van der Waals surface area contributed by atoms with Gasteiger partial charge in [0.2, 0.25) is 0 Å². The Bertz CT molecular complexity index is 1000. The summed E-state index contributed by atoms with van der Waals surface area (Å²) >= 11 is 0. The molecule has 7 heteroatoms. The molecule has 0 aromatic heterocycles. The second-order valence-electron chi connectivity index (χ2n) is 6.37. The Hall–Kier alpha value is -2.98. The summed E-state index contributed by atoms with van der Waals surface area (Å²) < 4.78 is 29.7. The van der Waals surface area contributed by atoms with Gasteiger partial charge in [-0.2, -0.15) is 5.26 Å². The lowest BCUT2D eigenvalue weighted by atomic mass is 10.0. The molecule has 2 aromatic rings. The zero-order valence-corrected chi connectivity index (χ0v) is 15.2. The van der Waals surface area contributed by atoms with Gasteiger partial charge in [0, 0.05) is 12.0 Å². The van der Waals surface area contributed by atoms with Crippen LogP contribution in [0.15, 0.2) is 53.4 Å². The summed E-state index contributed by atoms with van der Waals surface area (Å²) in [6, 6.07) is 14.5. The van der Waals surface area contributed by atoms with Crippen molar-refractivity contribution in [2.24, 2.45) is 5.92 Å². The maximum atomic E-state index is 12.4. The van der Waals surface area contributed by atoms with Crippen molar-refractivity contribution in [3.05, 3.63) is 65.2 Å². The number of cyclic esters (lactones) is 1. The van der Waals surface area contributed by atoms with Crippen LogP contribution in [0.4, 0.5) is 0 Å². The summed E-state index contributed by atoms with van der Waals surface area (Å²) in [6.45, 7) is 0.259. The van der Waals surface area contributed by atoms with E-state index in [-0.39, 0.29) is 29.5 Å². The number of hydrogen-bond donors (Lipinski definition) is 0. The minimum atomic E-state index is -3.60. The van der Waals surface area contributed by atoms with Crippen LogP contribution in [-0.2, 0) is 25.8 Å². The monoisotopic (exact) mass is 383 g/mol. The van der Waals surface area contributed by atoms with Gasteiger partial charge >= 0.3 is 5.97 Å². The zero-order chi connectivity index (χ0) is 19.4. The van der Waals surface area contributed by atoms with Gasteiger partial charge in [-0.15, -0.1) is 0 Å². The number of ketones is 1. The second kappa shape index (κ2) is 7.72. The number of nitrogens with zero attached hydrogens (tertiary/aromatic N) is 1. The number of carbonyl (C=O) groups is 2. The smallest absolute Gasteiger partial charge is 0.310 e. The summed E-state index contributed by atoms with van der Waals surface area (Å²) in [4.78, 5) is 23.9. The number of sulfone groups is 1. The molecule has 0 unspecified atom stereocenters. The molecule has 1 saturated heterocycles. The predicted octanol–water partition coefficient (Wildman–Crippen LogP) is 2.32. The van der Waals surface area contributed by atoms with Crippen molar-refractivity contribution < 1.29 is 22.7 Å². The van der Waals surface area contributed by atoms with E-state index in [1.165, 1.54) is 12.1 Å². The molecule has 0 amide bonds. The fraction of sp³-hybridized carbons (Fsp3) is 0.250. The van der Waals surface area contributed by atoms with E-state index in [0.29, 0.717) is 23.1 Å². The first kappa shape index (κ1) is 18.8. The molecule has 0 aliphatic carbocycles. The Morgan fingerprint density at radius 3 is 2.33 bits per heavy atom. The van der Waals surface area contributed by atoms with Crippen molar-refractivity contribution in [3.8, 4) is 6.07 Å².